The van der Waals surface area contributed by atoms with Crippen LogP contribution in [0.4, 0.5) is 0 Å². The van der Waals surface area contributed by atoms with Crippen molar-refractivity contribution in [1.29, 1.82) is 0 Å². The minimum atomic E-state index is 0.651. The van der Waals surface area contributed by atoms with Gasteiger partial charge < -0.3 is 10.6 Å². The van der Waals surface area contributed by atoms with E-state index < -0.39 is 0 Å². The fourth-order valence-corrected chi connectivity index (χ4v) is 2.98. The van der Waals surface area contributed by atoms with Crippen LogP contribution in [0.2, 0.25) is 0 Å². The summed E-state index contributed by atoms with van der Waals surface area (Å²) in [5.74, 6) is 0. The SMILES string of the molecule is NC(=S)CCN1CCN(C2CCCC2)CC1. The predicted molar refractivity (Wildman–Crippen MR) is 71.7 cm³/mol. The number of thiocarbonyl (C=S) groups is 1. The molecule has 0 aromatic rings. The van der Waals surface area contributed by atoms with Crippen LogP contribution < -0.4 is 5.73 Å². The van der Waals surface area contributed by atoms with E-state index in [0.717, 1.165) is 19.0 Å². The first kappa shape index (κ1) is 12.3. The first-order valence-corrected chi connectivity index (χ1v) is 6.91. The van der Waals surface area contributed by atoms with Gasteiger partial charge in [0.05, 0.1) is 4.99 Å². The predicted octanol–water partition coefficient (Wildman–Crippen LogP) is 1.22. The van der Waals surface area contributed by atoms with Gasteiger partial charge in [-0.15, -0.1) is 0 Å². The van der Waals surface area contributed by atoms with E-state index in [1.165, 1.54) is 51.9 Å². The molecule has 4 heteroatoms. The van der Waals surface area contributed by atoms with E-state index in [4.69, 9.17) is 18.0 Å². The second kappa shape index (κ2) is 5.94. The van der Waals surface area contributed by atoms with Crippen LogP contribution >= 0.6 is 12.2 Å². The molecule has 16 heavy (non-hydrogen) atoms. The summed E-state index contributed by atoms with van der Waals surface area (Å²) in [6.07, 6.45) is 6.59. The first-order chi connectivity index (χ1) is 7.75. The number of rotatable bonds is 4. The number of nitrogens with zero attached hydrogens (tertiary/aromatic N) is 2. The average Bonchev–Trinajstić information content (AvgIpc) is 2.80. The van der Waals surface area contributed by atoms with Crippen LogP contribution in [0.5, 0.6) is 0 Å². The van der Waals surface area contributed by atoms with Crippen molar-refractivity contribution in [2.75, 3.05) is 32.7 Å². The van der Waals surface area contributed by atoms with Gasteiger partial charge in [0.25, 0.3) is 0 Å². The van der Waals surface area contributed by atoms with Gasteiger partial charge in [-0.05, 0) is 12.8 Å². The molecule has 0 radical (unpaired) electrons. The maximum atomic E-state index is 5.53. The molecule has 0 bridgehead atoms. The van der Waals surface area contributed by atoms with Gasteiger partial charge in [-0.1, -0.05) is 25.1 Å². The molecule has 2 aliphatic rings. The minimum Gasteiger partial charge on any atom is -0.393 e. The van der Waals surface area contributed by atoms with Gasteiger partial charge in [-0.2, -0.15) is 0 Å². The summed E-state index contributed by atoms with van der Waals surface area (Å²) in [5, 5.41) is 0. The summed E-state index contributed by atoms with van der Waals surface area (Å²) >= 11 is 4.92. The van der Waals surface area contributed by atoms with Crippen molar-refractivity contribution in [2.45, 2.75) is 38.1 Å². The highest BCUT2D eigenvalue weighted by molar-refractivity contribution is 7.80. The van der Waals surface area contributed by atoms with Crippen molar-refractivity contribution in [1.82, 2.24) is 9.80 Å². The number of nitrogens with two attached hydrogens (primary N) is 1. The Morgan fingerprint density at radius 1 is 1.12 bits per heavy atom. The molecule has 2 N–H and O–H groups in total. The molecule has 1 aliphatic heterocycles. The Balaban J connectivity index is 1.67. The summed E-state index contributed by atoms with van der Waals surface area (Å²) in [5.41, 5.74) is 5.53. The zero-order valence-corrected chi connectivity index (χ0v) is 10.8. The van der Waals surface area contributed by atoms with Crippen LogP contribution in [0.25, 0.3) is 0 Å². The van der Waals surface area contributed by atoms with E-state index in [1.54, 1.807) is 0 Å². The summed E-state index contributed by atoms with van der Waals surface area (Å²) in [7, 11) is 0. The van der Waals surface area contributed by atoms with Gasteiger partial charge in [0.15, 0.2) is 0 Å². The highest BCUT2D eigenvalue weighted by Gasteiger charge is 2.25. The Morgan fingerprint density at radius 2 is 1.75 bits per heavy atom. The lowest BCUT2D eigenvalue weighted by molar-refractivity contribution is 0.0997. The highest BCUT2D eigenvalue weighted by atomic mass is 32.1. The molecular formula is C12H23N3S. The normalized spacial score (nSPS) is 25.0. The quantitative estimate of drug-likeness (QED) is 0.750. The highest BCUT2D eigenvalue weighted by Crippen LogP contribution is 2.24. The van der Waals surface area contributed by atoms with E-state index in [9.17, 15) is 0 Å². The Bertz CT molecular complexity index is 230. The summed E-state index contributed by atoms with van der Waals surface area (Å²) < 4.78 is 0. The third-order valence-corrected chi connectivity index (χ3v) is 4.13. The van der Waals surface area contributed by atoms with Crippen molar-refractivity contribution in [2.24, 2.45) is 5.73 Å². The Morgan fingerprint density at radius 3 is 2.31 bits per heavy atom. The molecule has 1 heterocycles. The summed E-state index contributed by atoms with van der Waals surface area (Å²) in [6.45, 7) is 5.91. The van der Waals surface area contributed by atoms with Crippen molar-refractivity contribution in [3.05, 3.63) is 0 Å². The third-order valence-electron chi connectivity index (χ3n) is 3.92. The van der Waals surface area contributed by atoms with Crippen molar-refractivity contribution in [3.8, 4) is 0 Å². The molecule has 1 saturated heterocycles. The number of hydrogen-bond acceptors (Lipinski definition) is 3. The van der Waals surface area contributed by atoms with E-state index in [0.29, 0.717) is 4.99 Å². The molecular weight excluding hydrogens is 218 g/mol. The van der Waals surface area contributed by atoms with Crippen LogP contribution in [0.1, 0.15) is 32.1 Å². The molecule has 0 aromatic carbocycles. The van der Waals surface area contributed by atoms with Crippen LogP contribution in [0.15, 0.2) is 0 Å². The van der Waals surface area contributed by atoms with Crippen LogP contribution in [0, 0.1) is 0 Å². The number of piperazine rings is 1. The molecule has 92 valence electrons. The second-order valence-electron chi connectivity index (χ2n) is 5.03. The van der Waals surface area contributed by atoms with Gasteiger partial charge in [0.1, 0.15) is 0 Å². The molecule has 0 spiro atoms. The molecule has 0 amide bonds. The Labute approximate surface area is 104 Å². The standard InChI is InChI=1S/C12H23N3S/c13-12(16)5-6-14-7-9-15(10-8-14)11-3-1-2-4-11/h11H,1-10H2,(H2,13,16). The second-order valence-corrected chi connectivity index (χ2v) is 5.56. The lowest BCUT2D eigenvalue weighted by Gasteiger charge is -2.38. The Hall–Kier alpha value is -0.190. The Kier molecular flexibility index (Phi) is 4.55. The average molecular weight is 241 g/mol. The van der Waals surface area contributed by atoms with Crippen molar-refractivity contribution in [3.63, 3.8) is 0 Å². The molecule has 1 aliphatic carbocycles. The summed E-state index contributed by atoms with van der Waals surface area (Å²) in [6, 6.07) is 0.887. The van der Waals surface area contributed by atoms with E-state index in [2.05, 4.69) is 9.80 Å². The van der Waals surface area contributed by atoms with Gasteiger partial charge in [-0.3, -0.25) is 4.90 Å². The first-order valence-electron chi connectivity index (χ1n) is 6.50. The fourth-order valence-electron chi connectivity index (χ4n) is 2.89. The zero-order chi connectivity index (χ0) is 11.4. The van der Waals surface area contributed by atoms with Crippen LogP contribution in [0.3, 0.4) is 0 Å². The van der Waals surface area contributed by atoms with E-state index in [1.807, 2.05) is 0 Å². The smallest absolute Gasteiger partial charge is 0.0740 e. The van der Waals surface area contributed by atoms with Crippen molar-refractivity contribution < 1.29 is 0 Å². The monoisotopic (exact) mass is 241 g/mol. The molecule has 3 nitrogen and oxygen atoms in total. The maximum absolute atomic E-state index is 5.53. The van der Waals surface area contributed by atoms with Crippen LogP contribution in [-0.4, -0.2) is 53.6 Å². The lowest BCUT2D eigenvalue weighted by atomic mass is 10.2. The van der Waals surface area contributed by atoms with Gasteiger partial charge in [0, 0.05) is 45.2 Å². The molecule has 2 rings (SSSR count). The van der Waals surface area contributed by atoms with Gasteiger partial charge in [0.2, 0.25) is 0 Å². The molecule has 0 unspecified atom stereocenters. The van der Waals surface area contributed by atoms with Crippen LogP contribution in [-0.2, 0) is 0 Å². The molecule has 0 aromatic heterocycles. The van der Waals surface area contributed by atoms with E-state index in [-0.39, 0.29) is 0 Å². The lowest BCUT2D eigenvalue weighted by Crippen LogP contribution is -2.50. The minimum absolute atomic E-state index is 0.651. The van der Waals surface area contributed by atoms with E-state index >= 15 is 0 Å². The topological polar surface area (TPSA) is 32.5 Å². The maximum Gasteiger partial charge on any atom is 0.0740 e. The molecule has 2 fully saturated rings. The zero-order valence-electron chi connectivity index (χ0n) is 10.0. The third kappa shape index (κ3) is 3.40. The molecule has 1 saturated carbocycles. The van der Waals surface area contributed by atoms with Gasteiger partial charge >= 0.3 is 0 Å². The fraction of sp³-hybridized carbons (Fsp3) is 0.917. The largest absolute Gasteiger partial charge is 0.393 e. The summed E-state index contributed by atoms with van der Waals surface area (Å²) in [4.78, 5) is 5.83. The van der Waals surface area contributed by atoms with Crippen molar-refractivity contribution >= 4 is 17.2 Å². The van der Waals surface area contributed by atoms with Gasteiger partial charge in [-0.25, -0.2) is 0 Å². The number of hydrogen-bond donors (Lipinski definition) is 1. The molecule has 0 atom stereocenters.